The molecular weight excluding hydrogens is 248 g/mol. The molecular formula is C16H24N4. The van der Waals surface area contributed by atoms with Crippen LogP contribution in [-0.4, -0.2) is 28.0 Å². The van der Waals surface area contributed by atoms with Gasteiger partial charge in [-0.05, 0) is 38.3 Å². The number of rotatable bonds is 6. The van der Waals surface area contributed by atoms with Crippen LogP contribution < -0.4 is 10.6 Å². The van der Waals surface area contributed by atoms with Crippen molar-refractivity contribution in [1.82, 2.24) is 9.38 Å². The number of aromatic nitrogens is 2. The second kappa shape index (κ2) is 5.44. The predicted octanol–water partition coefficient (Wildman–Crippen LogP) is 2.60. The van der Waals surface area contributed by atoms with Gasteiger partial charge in [-0.1, -0.05) is 13.0 Å². The van der Waals surface area contributed by atoms with E-state index in [9.17, 15) is 0 Å². The highest BCUT2D eigenvalue weighted by Gasteiger charge is 2.31. The topological polar surface area (TPSA) is 46.6 Å². The fourth-order valence-electron chi connectivity index (χ4n) is 2.81. The first-order valence-electron chi connectivity index (χ1n) is 7.72. The lowest BCUT2D eigenvalue weighted by Gasteiger charge is -2.22. The first-order chi connectivity index (χ1) is 9.74. The SMILES string of the molecule is CCC(N)Cc1c(N(CC)C2CC2)nc2ccccn12. The van der Waals surface area contributed by atoms with Gasteiger partial charge in [-0.25, -0.2) is 4.98 Å². The summed E-state index contributed by atoms with van der Waals surface area (Å²) in [6.45, 7) is 5.38. The Bertz CT molecular complexity index is 585. The van der Waals surface area contributed by atoms with E-state index < -0.39 is 0 Å². The lowest BCUT2D eigenvalue weighted by Crippen LogP contribution is -2.29. The first-order valence-corrected chi connectivity index (χ1v) is 7.72. The van der Waals surface area contributed by atoms with Gasteiger partial charge in [0.05, 0.1) is 5.69 Å². The molecule has 2 aromatic rings. The summed E-state index contributed by atoms with van der Waals surface area (Å²) >= 11 is 0. The van der Waals surface area contributed by atoms with Crippen molar-refractivity contribution >= 4 is 11.5 Å². The van der Waals surface area contributed by atoms with Crippen molar-refractivity contribution < 1.29 is 0 Å². The number of nitrogens with two attached hydrogens (primary N) is 1. The van der Waals surface area contributed by atoms with Crippen molar-refractivity contribution in [1.29, 1.82) is 0 Å². The van der Waals surface area contributed by atoms with Crippen LogP contribution >= 0.6 is 0 Å². The van der Waals surface area contributed by atoms with E-state index in [0.29, 0.717) is 6.04 Å². The second-order valence-electron chi connectivity index (χ2n) is 5.70. The normalized spacial score (nSPS) is 16.6. The maximum absolute atomic E-state index is 6.20. The Labute approximate surface area is 120 Å². The molecule has 0 bridgehead atoms. The summed E-state index contributed by atoms with van der Waals surface area (Å²) in [6.07, 6.45) is 6.57. The molecule has 108 valence electrons. The van der Waals surface area contributed by atoms with Crippen LogP contribution in [0, 0.1) is 0 Å². The fraction of sp³-hybridized carbons (Fsp3) is 0.562. The van der Waals surface area contributed by atoms with E-state index in [1.54, 1.807) is 0 Å². The van der Waals surface area contributed by atoms with Gasteiger partial charge in [0.1, 0.15) is 5.65 Å². The van der Waals surface area contributed by atoms with Crippen molar-refractivity contribution in [3.8, 4) is 0 Å². The van der Waals surface area contributed by atoms with Crippen LogP contribution in [0.4, 0.5) is 5.82 Å². The van der Waals surface area contributed by atoms with Gasteiger partial charge in [0.25, 0.3) is 0 Å². The number of fused-ring (bicyclic) bond motifs is 1. The maximum Gasteiger partial charge on any atom is 0.151 e. The third-order valence-electron chi connectivity index (χ3n) is 4.19. The van der Waals surface area contributed by atoms with Gasteiger partial charge in [-0.3, -0.25) is 0 Å². The van der Waals surface area contributed by atoms with Crippen LogP contribution in [0.15, 0.2) is 24.4 Å². The van der Waals surface area contributed by atoms with Crippen molar-refractivity contribution in [2.24, 2.45) is 5.73 Å². The van der Waals surface area contributed by atoms with Crippen LogP contribution in [0.1, 0.15) is 38.8 Å². The minimum atomic E-state index is 0.201. The lowest BCUT2D eigenvalue weighted by molar-refractivity contribution is 0.631. The highest BCUT2D eigenvalue weighted by atomic mass is 15.3. The molecule has 1 unspecified atom stereocenters. The average Bonchev–Trinajstić information content (AvgIpc) is 3.24. The van der Waals surface area contributed by atoms with Gasteiger partial charge in [0.15, 0.2) is 5.82 Å². The van der Waals surface area contributed by atoms with E-state index in [1.807, 2.05) is 6.07 Å². The molecule has 0 radical (unpaired) electrons. The number of nitrogens with zero attached hydrogens (tertiary/aromatic N) is 3. The van der Waals surface area contributed by atoms with Gasteiger partial charge < -0.3 is 15.0 Å². The van der Waals surface area contributed by atoms with E-state index in [1.165, 1.54) is 18.5 Å². The number of imidazole rings is 1. The molecule has 0 saturated heterocycles. The van der Waals surface area contributed by atoms with Crippen molar-refractivity contribution in [2.75, 3.05) is 11.4 Å². The Morgan fingerprint density at radius 2 is 2.20 bits per heavy atom. The van der Waals surface area contributed by atoms with Crippen LogP contribution in [0.3, 0.4) is 0 Å². The molecule has 0 aromatic carbocycles. The minimum absolute atomic E-state index is 0.201. The Hall–Kier alpha value is -1.55. The lowest BCUT2D eigenvalue weighted by atomic mass is 10.1. The zero-order chi connectivity index (χ0) is 14.1. The summed E-state index contributed by atoms with van der Waals surface area (Å²) < 4.78 is 2.20. The monoisotopic (exact) mass is 272 g/mol. The van der Waals surface area contributed by atoms with Crippen LogP contribution in [-0.2, 0) is 6.42 Å². The molecule has 4 nitrogen and oxygen atoms in total. The number of hydrogen-bond acceptors (Lipinski definition) is 3. The van der Waals surface area contributed by atoms with Crippen molar-refractivity contribution in [3.05, 3.63) is 30.1 Å². The van der Waals surface area contributed by atoms with E-state index >= 15 is 0 Å². The van der Waals surface area contributed by atoms with Gasteiger partial charge in [-0.15, -0.1) is 0 Å². The highest BCUT2D eigenvalue weighted by molar-refractivity contribution is 5.57. The molecule has 3 rings (SSSR count). The van der Waals surface area contributed by atoms with Crippen molar-refractivity contribution in [3.63, 3.8) is 0 Å². The summed E-state index contributed by atoms with van der Waals surface area (Å²) in [7, 11) is 0. The highest BCUT2D eigenvalue weighted by Crippen LogP contribution is 2.33. The predicted molar refractivity (Wildman–Crippen MR) is 83.2 cm³/mol. The van der Waals surface area contributed by atoms with Crippen LogP contribution in [0.5, 0.6) is 0 Å². The molecule has 1 atom stereocenters. The molecule has 1 aliphatic rings. The number of hydrogen-bond donors (Lipinski definition) is 1. The smallest absolute Gasteiger partial charge is 0.151 e. The van der Waals surface area contributed by atoms with Crippen molar-refractivity contribution in [2.45, 2.75) is 51.6 Å². The Balaban J connectivity index is 2.06. The summed E-state index contributed by atoms with van der Waals surface area (Å²) in [5.74, 6) is 1.14. The standard InChI is InChI=1S/C16H24N4/c1-3-12(17)11-14-16(19(4-2)13-8-9-13)18-15-7-5-6-10-20(14)15/h5-7,10,12-13H,3-4,8-9,11,17H2,1-2H3. The summed E-state index contributed by atoms with van der Waals surface area (Å²) in [5, 5.41) is 0. The molecule has 4 heteroatoms. The van der Waals surface area contributed by atoms with E-state index in [4.69, 9.17) is 10.7 Å². The largest absolute Gasteiger partial charge is 0.352 e. The number of pyridine rings is 1. The quantitative estimate of drug-likeness (QED) is 0.879. The summed E-state index contributed by atoms with van der Waals surface area (Å²) in [5.41, 5.74) is 8.49. The third-order valence-corrected chi connectivity index (χ3v) is 4.19. The van der Waals surface area contributed by atoms with Gasteiger partial charge >= 0.3 is 0 Å². The molecule has 0 spiro atoms. The Morgan fingerprint density at radius 3 is 2.85 bits per heavy atom. The molecule has 2 N–H and O–H groups in total. The van der Waals surface area contributed by atoms with E-state index in [2.05, 4.69) is 41.5 Å². The maximum atomic E-state index is 6.20. The zero-order valence-corrected chi connectivity index (χ0v) is 12.4. The van der Waals surface area contributed by atoms with Gasteiger partial charge in [0.2, 0.25) is 0 Å². The molecule has 0 amide bonds. The molecule has 1 aliphatic carbocycles. The van der Waals surface area contributed by atoms with E-state index in [0.717, 1.165) is 30.9 Å². The zero-order valence-electron chi connectivity index (χ0n) is 12.4. The molecule has 2 aromatic heterocycles. The fourth-order valence-corrected chi connectivity index (χ4v) is 2.81. The molecule has 1 fully saturated rings. The molecule has 2 heterocycles. The summed E-state index contributed by atoms with van der Waals surface area (Å²) in [4.78, 5) is 7.31. The molecule has 20 heavy (non-hydrogen) atoms. The summed E-state index contributed by atoms with van der Waals surface area (Å²) in [6, 6.07) is 7.06. The number of anilines is 1. The van der Waals surface area contributed by atoms with E-state index in [-0.39, 0.29) is 6.04 Å². The van der Waals surface area contributed by atoms with Gasteiger partial charge in [-0.2, -0.15) is 0 Å². The molecule has 0 aliphatic heterocycles. The van der Waals surface area contributed by atoms with Gasteiger partial charge in [0, 0.05) is 31.2 Å². The Kier molecular flexibility index (Phi) is 3.66. The van der Waals surface area contributed by atoms with Crippen LogP contribution in [0.25, 0.3) is 5.65 Å². The second-order valence-corrected chi connectivity index (χ2v) is 5.70. The molecule has 1 saturated carbocycles. The average molecular weight is 272 g/mol. The Morgan fingerprint density at radius 1 is 1.40 bits per heavy atom. The first kappa shape index (κ1) is 13.4. The van der Waals surface area contributed by atoms with Crippen LogP contribution in [0.2, 0.25) is 0 Å². The minimum Gasteiger partial charge on any atom is -0.352 e. The third kappa shape index (κ3) is 2.40.